The number of anilines is 2. The highest BCUT2D eigenvalue weighted by Crippen LogP contribution is 2.24. The van der Waals surface area contributed by atoms with Gasteiger partial charge in [0.2, 0.25) is 0 Å². The maximum Gasteiger partial charge on any atom is 0.255 e. The van der Waals surface area contributed by atoms with Crippen LogP contribution in [0.2, 0.25) is 0 Å². The number of nitrogens with one attached hydrogen (secondary N) is 2. The van der Waals surface area contributed by atoms with Gasteiger partial charge < -0.3 is 10.6 Å². The minimum atomic E-state index is -0.241. The van der Waals surface area contributed by atoms with Crippen LogP contribution in [0, 0.1) is 11.3 Å². The smallest absolute Gasteiger partial charge is 0.255 e. The van der Waals surface area contributed by atoms with E-state index in [0.29, 0.717) is 27.1 Å². The number of nitrogens with zero attached hydrogens (tertiary/aromatic N) is 2. The van der Waals surface area contributed by atoms with E-state index in [9.17, 15) is 4.79 Å². The standard InChI is InChI=1S/C14H11BrN4O/c1-17-13-7-10(4-5-18-13)14(20)19-12-3-2-9(8-16)6-11(12)15/h2-7H,1H3,(H,17,18)(H,19,20). The van der Waals surface area contributed by atoms with Gasteiger partial charge >= 0.3 is 0 Å². The first-order valence-corrected chi connectivity index (χ1v) is 6.58. The molecule has 20 heavy (non-hydrogen) atoms. The molecule has 0 atom stereocenters. The summed E-state index contributed by atoms with van der Waals surface area (Å²) in [6.07, 6.45) is 1.56. The Morgan fingerprint density at radius 2 is 2.15 bits per heavy atom. The van der Waals surface area contributed by atoms with Crippen molar-refractivity contribution in [2.24, 2.45) is 0 Å². The van der Waals surface area contributed by atoms with Crippen LogP contribution in [0.3, 0.4) is 0 Å². The molecule has 2 N–H and O–H groups in total. The molecule has 1 amide bonds. The monoisotopic (exact) mass is 330 g/mol. The predicted molar refractivity (Wildman–Crippen MR) is 80.6 cm³/mol. The molecule has 1 heterocycles. The molecule has 0 saturated heterocycles. The molecular formula is C14H11BrN4O. The number of aromatic nitrogens is 1. The van der Waals surface area contributed by atoms with Gasteiger partial charge in [0.25, 0.3) is 5.91 Å². The van der Waals surface area contributed by atoms with Gasteiger partial charge in [0.1, 0.15) is 5.82 Å². The molecule has 2 rings (SSSR count). The lowest BCUT2D eigenvalue weighted by atomic mass is 10.2. The van der Waals surface area contributed by atoms with Crippen LogP contribution in [0.5, 0.6) is 0 Å². The van der Waals surface area contributed by atoms with E-state index in [2.05, 4.69) is 31.5 Å². The lowest BCUT2D eigenvalue weighted by Gasteiger charge is -2.08. The third-order valence-corrected chi connectivity index (χ3v) is 3.28. The fourth-order valence-corrected chi connectivity index (χ4v) is 2.07. The zero-order chi connectivity index (χ0) is 14.5. The van der Waals surface area contributed by atoms with Gasteiger partial charge in [-0.3, -0.25) is 4.79 Å². The largest absolute Gasteiger partial charge is 0.373 e. The van der Waals surface area contributed by atoms with E-state index in [4.69, 9.17) is 5.26 Å². The fraction of sp³-hybridized carbons (Fsp3) is 0.0714. The Morgan fingerprint density at radius 1 is 1.35 bits per heavy atom. The topological polar surface area (TPSA) is 77.8 Å². The molecule has 0 fully saturated rings. The Labute approximate surface area is 124 Å². The molecule has 0 radical (unpaired) electrons. The van der Waals surface area contributed by atoms with Crippen molar-refractivity contribution in [2.45, 2.75) is 0 Å². The summed E-state index contributed by atoms with van der Waals surface area (Å²) in [5.74, 6) is 0.380. The maximum absolute atomic E-state index is 12.1. The summed E-state index contributed by atoms with van der Waals surface area (Å²) in [5, 5.41) is 14.5. The predicted octanol–water partition coefficient (Wildman–Crippen LogP) is 3.01. The summed E-state index contributed by atoms with van der Waals surface area (Å²) in [6.45, 7) is 0. The van der Waals surface area contributed by atoms with E-state index in [-0.39, 0.29) is 5.91 Å². The number of amides is 1. The second kappa shape index (κ2) is 6.17. The van der Waals surface area contributed by atoms with E-state index < -0.39 is 0 Å². The normalized spacial score (nSPS) is 9.65. The molecule has 0 aliphatic rings. The molecule has 1 aromatic heterocycles. The minimum Gasteiger partial charge on any atom is -0.373 e. The highest BCUT2D eigenvalue weighted by atomic mass is 79.9. The number of halogens is 1. The third kappa shape index (κ3) is 3.13. The van der Waals surface area contributed by atoms with Crippen molar-refractivity contribution in [1.29, 1.82) is 5.26 Å². The minimum absolute atomic E-state index is 0.241. The molecule has 0 aliphatic heterocycles. The van der Waals surface area contributed by atoms with Gasteiger partial charge in [0.05, 0.1) is 17.3 Å². The highest BCUT2D eigenvalue weighted by Gasteiger charge is 2.09. The third-order valence-electron chi connectivity index (χ3n) is 2.62. The molecule has 6 heteroatoms. The molecular weight excluding hydrogens is 320 g/mol. The number of nitriles is 1. The van der Waals surface area contributed by atoms with E-state index in [1.807, 2.05) is 6.07 Å². The van der Waals surface area contributed by atoms with Crippen LogP contribution in [0.4, 0.5) is 11.5 Å². The van der Waals surface area contributed by atoms with Crippen molar-refractivity contribution in [3.63, 3.8) is 0 Å². The molecule has 0 unspecified atom stereocenters. The Kier molecular flexibility index (Phi) is 4.33. The van der Waals surface area contributed by atoms with Crippen molar-refractivity contribution in [1.82, 2.24) is 4.98 Å². The van der Waals surface area contributed by atoms with E-state index >= 15 is 0 Å². The lowest BCUT2D eigenvalue weighted by molar-refractivity contribution is 0.102. The number of hydrogen-bond acceptors (Lipinski definition) is 4. The van der Waals surface area contributed by atoms with Gasteiger partial charge in [-0.2, -0.15) is 5.26 Å². The second-order valence-corrected chi connectivity index (χ2v) is 4.79. The van der Waals surface area contributed by atoms with Gasteiger partial charge in [-0.25, -0.2) is 4.98 Å². The van der Waals surface area contributed by atoms with Gasteiger partial charge in [-0.05, 0) is 46.3 Å². The van der Waals surface area contributed by atoms with Crippen molar-refractivity contribution >= 4 is 33.3 Å². The zero-order valence-corrected chi connectivity index (χ0v) is 12.2. The molecule has 0 bridgehead atoms. The lowest BCUT2D eigenvalue weighted by Crippen LogP contribution is -2.12. The van der Waals surface area contributed by atoms with E-state index in [1.54, 1.807) is 43.6 Å². The van der Waals surface area contributed by atoms with Gasteiger partial charge in [0.15, 0.2) is 0 Å². The summed E-state index contributed by atoms with van der Waals surface area (Å²) < 4.78 is 0.660. The molecule has 100 valence electrons. The van der Waals surface area contributed by atoms with Gasteiger partial charge in [-0.15, -0.1) is 0 Å². The highest BCUT2D eigenvalue weighted by molar-refractivity contribution is 9.10. The quantitative estimate of drug-likeness (QED) is 0.906. The van der Waals surface area contributed by atoms with Crippen molar-refractivity contribution in [3.8, 4) is 6.07 Å². The van der Waals surface area contributed by atoms with Gasteiger partial charge in [-0.1, -0.05) is 0 Å². The Hall–Kier alpha value is -2.39. The van der Waals surface area contributed by atoms with Crippen molar-refractivity contribution in [3.05, 3.63) is 52.1 Å². The van der Waals surface area contributed by atoms with Gasteiger partial charge in [0, 0.05) is 23.3 Å². The maximum atomic E-state index is 12.1. The summed E-state index contributed by atoms with van der Waals surface area (Å²) in [5.41, 5.74) is 1.63. The van der Waals surface area contributed by atoms with Crippen LogP contribution >= 0.6 is 15.9 Å². The van der Waals surface area contributed by atoms with Crippen LogP contribution in [0.25, 0.3) is 0 Å². The first kappa shape index (κ1) is 14.0. The summed E-state index contributed by atoms with van der Waals surface area (Å²) in [4.78, 5) is 16.2. The first-order valence-electron chi connectivity index (χ1n) is 5.79. The summed E-state index contributed by atoms with van der Waals surface area (Å²) >= 11 is 3.33. The Balaban J connectivity index is 2.21. The number of carbonyl (C=O) groups excluding carboxylic acids is 1. The first-order chi connectivity index (χ1) is 9.63. The zero-order valence-electron chi connectivity index (χ0n) is 10.6. The summed E-state index contributed by atoms with van der Waals surface area (Å²) in [7, 11) is 1.74. The van der Waals surface area contributed by atoms with Crippen molar-refractivity contribution in [2.75, 3.05) is 17.7 Å². The molecule has 0 saturated carbocycles. The molecule has 0 spiro atoms. The number of carbonyl (C=O) groups is 1. The van der Waals surface area contributed by atoms with Crippen LogP contribution < -0.4 is 10.6 Å². The number of hydrogen-bond donors (Lipinski definition) is 2. The van der Waals surface area contributed by atoms with Crippen LogP contribution in [0.1, 0.15) is 15.9 Å². The van der Waals surface area contributed by atoms with Crippen LogP contribution in [0.15, 0.2) is 41.0 Å². The van der Waals surface area contributed by atoms with Crippen molar-refractivity contribution < 1.29 is 4.79 Å². The molecule has 5 nitrogen and oxygen atoms in total. The van der Waals surface area contributed by atoms with E-state index in [0.717, 1.165) is 0 Å². The molecule has 0 aliphatic carbocycles. The average Bonchev–Trinajstić information content (AvgIpc) is 2.49. The Morgan fingerprint density at radius 3 is 2.80 bits per heavy atom. The SMILES string of the molecule is CNc1cc(C(=O)Nc2ccc(C#N)cc2Br)ccn1. The molecule has 1 aromatic carbocycles. The van der Waals surface area contributed by atoms with E-state index in [1.165, 1.54) is 0 Å². The second-order valence-electron chi connectivity index (χ2n) is 3.94. The van der Waals surface area contributed by atoms with Crippen LogP contribution in [-0.4, -0.2) is 17.9 Å². The average molecular weight is 331 g/mol. The Bertz CT molecular complexity index is 694. The number of benzene rings is 1. The summed E-state index contributed by atoms with van der Waals surface area (Å²) in [6, 6.07) is 10.3. The van der Waals surface area contributed by atoms with Crippen LogP contribution in [-0.2, 0) is 0 Å². The molecule has 2 aromatic rings. The number of pyridine rings is 1. The number of rotatable bonds is 3. The fourth-order valence-electron chi connectivity index (χ4n) is 1.59.